The average Bonchev–Trinajstić information content (AvgIpc) is 2.97. The number of nitrogens with zero attached hydrogens (tertiary/aromatic N) is 2. The molecule has 0 unspecified atom stereocenters. The number of allylic oxidation sites excluding steroid dienone is 1. The van der Waals surface area contributed by atoms with Crippen molar-refractivity contribution in [3.8, 4) is 5.75 Å². The third-order valence-electron chi connectivity index (χ3n) is 6.26. The van der Waals surface area contributed by atoms with E-state index in [0.717, 1.165) is 22.6 Å². The number of alkyl halides is 3. The first-order chi connectivity index (χ1) is 19.5. The molecule has 0 radical (unpaired) electrons. The number of benzene rings is 3. The minimum atomic E-state index is -4.89. The molecular formula is C31H36F5N3O3. The standard InChI is InChI=1S/C29H27F5N2O3.CH5N.CH4/c1-19(36(18-37)17-22-23(29(32,33)34)12-8-13-24(22)30)26(21-11-7-14-25(39-3)27(21)31)28(38)35(2)16-15-20-9-5-4-6-10-20;1-2;/h4-14,18H,15-17H2,1-3H3;2H2,1H3;1H4/b26-19-;;. The summed E-state index contributed by atoms with van der Waals surface area (Å²) in [5, 5.41) is 0. The lowest BCUT2D eigenvalue weighted by Crippen LogP contribution is -2.32. The van der Waals surface area contributed by atoms with Gasteiger partial charge in [0.1, 0.15) is 5.82 Å². The molecule has 2 amide bonds. The van der Waals surface area contributed by atoms with E-state index in [1.165, 1.54) is 51.2 Å². The maximum Gasteiger partial charge on any atom is 0.416 e. The van der Waals surface area contributed by atoms with Gasteiger partial charge < -0.3 is 20.3 Å². The lowest BCUT2D eigenvalue weighted by molar-refractivity contribution is -0.139. The van der Waals surface area contributed by atoms with Gasteiger partial charge in [-0.1, -0.05) is 56.0 Å². The zero-order valence-corrected chi connectivity index (χ0v) is 23.1. The molecule has 3 rings (SSSR count). The number of carbonyl (C=O) groups is 2. The Balaban J connectivity index is 0.00000288. The Bertz CT molecular complexity index is 1360. The lowest BCUT2D eigenvalue weighted by atomic mass is 9.99. The van der Waals surface area contributed by atoms with Crippen molar-refractivity contribution in [1.82, 2.24) is 9.80 Å². The number of nitrogens with two attached hydrogens (primary N) is 1. The number of rotatable bonds is 10. The molecule has 0 heterocycles. The van der Waals surface area contributed by atoms with E-state index >= 15 is 4.39 Å². The first kappa shape index (κ1) is 35.8. The molecule has 3 aromatic carbocycles. The van der Waals surface area contributed by atoms with Gasteiger partial charge in [0.25, 0.3) is 5.91 Å². The van der Waals surface area contributed by atoms with E-state index in [-0.39, 0.29) is 43.0 Å². The molecule has 42 heavy (non-hydrogen) atoms. The largest absolute Gasteiger partial charge is 0.494 e. The Morgan fingerprint density at radius 3 is 2.17 bits per heavy atom. The molecule has 0 aliphatic rings. The van der Waals surface area contributed by atoms with Gasteiger partial charge in [0.05, 0.1) is 24.8 Å². The highest BCUT2D eigenvalue weighted by Gasteiger charge is 2.35. The Morgan fingerprint density at radius 2 is 1.60 bits per heavy atom. The number of carbonyl (C=O) groups excluding carboxylic acids is 2. The molecule has 0 atom stereocenters. The quantitative estimate of drug-likeness (QED) is 0.170. The zero-order valence-electron chi connectivity index (χ0n) is 23.1. The van der Waals surface area contributed by atoms with E-state index < -0.39 is 41.4 Å². The van der Waals surface area contributed by atoms with E-state index in [0.29, 0.717) is 12.5 Å². The van der Waals surface area contributed by atoms with Gasteiger partial charge in [0.2, 0.25) is 6.41 Å². The second-order valence-corrected chi connectivity index (χ2v) is 8.74. The van der Waals surface area contributed by atoms with Crippen LogP contribution in [0.2, 0.25) is 0 Å². The number of methoxy groups -OCH3 is 1. The van der Waals surface area contributed by atoms with Crippen molar-refractivity contribution >= 4 is 17.9 Å². The van der Waals surface area contributed by atoms with Crippen molar-refractivity contribution in [2.75, 3.05) is 27.7 Å². The molecule has 0 saturated carbocycles. The molecule has 0 aliphatic heterocycles. The molecule has 6 nitrogen and oxygen atoms in total. The SMILES string of the molecule is C.CN.COc1cccc(/C(C(=O)N(C)CCc2ccccc2)=C(\C)N(C=O)Cc2c(F)cccc2C(F)(F)F)c1F. The average molecular weight is 594 g/mol. The van der Waals surface area contributed by atoms with Crippen LogP contribution >= 0.6 is 0 Å². The van der Waals surface area contributed by atoms with Crippen molar-refractivity contribution in [3.63, 3.8) is 0 Å². The van der Waals surface area contributed by atoms with Gasteiger partial charge in [-0.05, 0) is 44.2 Å². The maximum atomic E-state index is 15.4. The van der Waals surface area contributed by atoms with E-state index in [1.807, 2.05) is 30.3 Å². The Labute approximate surface area is 243 Å². The third-order valence-corrected chi connectivity index (χ3v) is 6.26. The third kappa shape index (κ3) is 8.62. The zero-order chi connectivity index (χ0) is 30.7. The smallest absolute Gasteiger partial charge is 0.416 e. The van der Waals surface area contributed by atoms with Crippen molar-refractivity contribution in [2.24, 2.45) is 5.73 Å². The highest BCUT2D eigenvalue weighted by Crippen LogP contribution is 2.35. The fourth-order valence-electron chi connectivity index (χ4n) is 4.09. The summed E-state index contributed by atoms with van der Waals surface area (Å²) in [4.78, 5) is 27.9. The normalized spacial score (nSPS) is 11.3. The summed E-state index contributed by atoms with van der Waals surface area (Å²) in [5.41, 5.74) is 2.74. The van der Waals surface area contributed by atoms with Crippen LogP contribution in [0.4, 0.5) is 22.0 Å². The Hall–Kier alpha value is -4.25. The van der Waals surface area contributed by atoms with Gasteiger partial charge in [-0.15, -0.1) is 0 Å². The van der Waals surface area contributed by atoms with Crippen LogP contribution in [0, 0.1) is 11.6 Å². The van der Waals surface area contributed by atoms with Crippen LogP contribution in [-0.4, -0.2) is 49.9 Å². The summed E-state index contributed by atoms with van der Waals surface area (Å²) in [5.74, 6) is -2.94. The van der Waals surface area contributed by atoms with Crippen molar-refractivity contribution in [3.05, 3.63) is 106 Å². The molecule has 0 fully saturated rings. The van der Waals surface area contributed by atoms with Crippen LogP contribution in [0.15, 0.2) is 72.4 Å². The number of hydrogen-bond donors (Lipinski definition) is 1. The second kappa shape index (κ2) is 16.3. The Morgan fingerprint density at radius 1 is 0.976 bits per heavy atom. The fourth-order valence-corrected chi connectivity index (χ4v) is 4.09. The van der Waals surface area contributed by atoms with Gasteiger partial charge in [0, 0.05) is 30.4 Å². The monoisotopic (exact) mass is 593 g/mol. The molecule has 0 saturated heterocycles. The summed E-state index contributed by atoms with van der Waals surface area (Å²) >= 11 is 0. The summed E-state index contributed by atoms with van der Waals surface area (Å²) in [6.45, 7) is 0.671. The lowest BCUT2D eigenvalue weighted by Gasteiger charge is -2.26. The highest BCUT2D eigenvalue weighted by molar-refractivity contribution is 6.20. The maximum absolute atomic E-state index is 15.4. The van der Waals surface area contributed by atoms with Crippen LogP contribution in [0.5, 0.6) is 5.75 Å². The number of halogens is 5. The molecule has 228 valence electrons. The number of hydrogen-bond acceptors (Lipinski definition) is 4. The number of amides is 2. The van der Waals surface area contributed by atoms with Gasteiger partial charge in [-0.2, -0.15) is 13.2 Å². The molecule has 3 aromatic rings. The summed E-state index contributed by atoms with van der Waals surface area (Å²) in [6, 6.07) is 15.8. The van der Waals surface area contributed by atoms with Crippen LogP contribution in [0.3, 0.4) is 0 Å². The first-order valence-electron chi connectivity index (χ1n) is 12.5. The van der Waals surface area contributed by atoms with Gasteiger partial charge in [-0.25, -0.2) is 8.78 Å². The second-order valence-electron chi connectivity index (χ2n) is 8.74. The minimum absolute atomic E-state index is 0. The predicted molar refractivity (Wildman–Crippen MR) is 153 cm³/mol. The summed E-state index contributed by atoms with van der Waals surface area (Å²) in [6.07, 6.45) is -4.24. The Kier molecular flexibility index (Phi) is 13.8. The summed E-state index contributed by atoms with van der Waals surface area (Å²) < 4.78 is 75.8. The predicted octanol–water partition coefficient (Wildman–Crippen LogP) is 6.29. The number of likely N-dealkylation sites (N-methyl/N-ethyl adjacent to an activating group) is 1. The van der Waals surface area contributed by atoms with Crippen molar-refractivity contribution in [1.29, 1.82) is 0 Å². The molecule has 2 N–H and O–H groups in total. The van der Waals surface area contributed by atoms with E-state index in [1.54, 1.807) is 0 Å². The molecule has 0 aromatic heterocycles. The van der Waals surface area contributed by atoms with Crippen LogP contribution in [0.25, 0.3) is 5.57 Å². The van der Waals surface area contributed by atoms with Crippen LogP contribution in [0.1, 0.15) is 36.6 Å². The first-order valence-corrected chi connectivity index (χ1v) is 12.5. The van der Waals surface area contributed by atoms with Crippen molar-refractivity contribution < 1.29 is 36.3 Å². The van der Waals surface area contributed by atoms with Gasteiger partial charge in [-0.3, -0.25) is 9.59 Å². The van der Waals surface area contributed by atoms with E-state index in [4.69, 9.17) is 4.74 Å². The number of ether oxygens (including phenoxy) is 1. The minimum Gasteiger partial charge on any atom is -0.494 e. The highest BCUT2D eigenvalue weighted by atomic mass is 19.4. The molecule has 11 heteroatoms. The van der Waals surface area contributed by atoms with Crippen LogP contribution < -0.4 is 10.5 Å². The molecular weight excluding hydrogens is 557 g/mol. The molecule has 0 spiro atoms. The fraction of sp³-hybridized carbons (Fsp3) is 0.290. The summed E-state index contributed by atoms with van der Waals surface area (Å²) in [7, 11) is 4.22. The van der Waals surface area contributed by atoms with Gasteiger partial charge >= 0.3 is 6.18 Å². The van der Waals surface area contributed by atoms with E-state index in [9.17, 15) is 27.2 Å². The molecule has 0 aliphatic carbocycles. The van der Waals surface area contributed by atoms with Crippen molar-refractivity contribution in [2.45, 2.75) is 33.5 Å². The van der Waals surface area contributed by atoms with Gasteiger partial charge in [0.15, 0.2) is 11.6 Å². The molecule has 0 bridgehead atoms. The van der Waals surface area contributed by atoms with E-state index in [2.05, 4.69) is 5.73 Å². The topological polar surface area (TPSA) is 75.9 Å². The van der Waals surface area contributed by atoms with Crippen LogP contribution in [-0.2, 0) is 28.7 Å².